The van der Waals surface area contributed by atoms with Crippen molar-refractivity contribution in [2.45, 2.75) is 6.54 Å². The number of hydrogen-bond donors (Lipinski definition) is 2. The van der Waals surface area contributed by atoms with Gasteiger partial charge in [-0.1, -0.05) is 35.9 Å². The molecule has 0 saturated carbocycles. The summed E-state index contributed by atoms with van der Waals surface area (Å²) in [7, 11) is 0. The number of nitrogens with one attached hydrogen (secondary N) is 2. The monoisotopic (exact) mass is 250 g/mol. The average molecular weight is 251 g/mol. The normalized spacial score (nSPS) is 10.2. The Morgan fingerprint density at radius 3 is 2.47 bits per heavy atom. The summed E-state index contributed by atoms with van der Waals surface area (Å²) in [5, 5.41) is 0.423. The van der Waals surface area contributed by atoms with E-state index in [0.29, 0.717) is 17.1 Å². The quantitative estimate of drug-likeness (QED) is 0.811. The Morgan fingerprint density at radius 2 is 1.76 bits per heavy atom. The van der Waals surface area contributed by atoms with Gasteiger partial charge in [0.05, 0.1) is 0 Å². The first kappa shape index (κ1) is 11.9. The first-order valence-corrected chi connectivity index (χ1v) is 5.62. The lowest BCUT2D eigenvalue weighted by Gasteiger charge is -2.10. The molecule has 0 bridgehead atoms. The Hall–Kier alpha value is -1.58. The van der Waals surface area contributed by atoms with Crippen LogP contribution < -0.4 is 10.9 Å². The molecule has 0 aliphatic heterocycles. The molecule has 0 fully saturated rings. The second-order valence-corrected chi connectivity index (χ2v) is 3.95. The van der Waals surface area contributed by atoms with E-state index in [2.05, 4.69) is 10.9 Å². The second kappa shape index (κ2) is 5.66. The molecule has 0 atom stereocenters. The van der Waals surface area contributed by atoms with Gasteiger partial charge in [0.1, 0.15) is 5.82 Å². The highest BCUT2D eigenvalue weighted by Crippen LogP contribution is 2.18. The molecule has 2 aromatic rings. The van der Waals surface area contributed by atoms with Crippen molar-refractivity contribution in [2.24, 2.45) is 0 Å². The molecule has 2 aromatic carbocycles. The summed E-state index contributed by atoms with van der Waals surface area (Å²) >= 11 is 5.90. The molecule has 0 aliphatic rings. The summed E-state index contributed by atoms with van der Waals surface area (Å²) in [6, 6.07) is 14.2. The Balaban J connectivity index is 1.95. The molecule has 0 aromatic heterocycles. The van der Waals surface area contributed by atoms with Gasteiger partial charge in [0.25, 0.3) is 0 Å². The number of hydrazine groups is 1. The molecule has 0 amide bonds. The smallest absolute Gasteiger partial charge is 0.129 e. The van der Waals surface area contributed by atoms with Crippen molar-refractivity contribution >= 4 is 17.3 Å². The number of halogens is 2. The highest BCUT2D eigenvalue weighted by Gasteiger charge is 2.05. The fraction of sp³-hybridized carbons (Fsp3) is 0.0769. The van der Waals surface area contributed by atoms with Crippen molar-refractivity contribution in [1.29, 1.82) is 0 Å². The van der Waals surface area contributed by atoms with E-state index in [4.69, 9.17) is 11.6 Å². The van der Waals surface area contributed by atoms with Crippen LogP contribution in [0.25, 0.3) is 0 Å². The highest BCUT2D eigenvalue weighted by molar-refractivity contribution is 6.31. The maximum absolute atomic E-state index is 13.4. The number of anilines is 1. The summed E-state index contributed by atoms with van der Waals surface area (Å²) in [6.45, 7) is 0.320. The van der Waals surface area contributed by atoms with Crippen LogP contribution in [0.5, 0.6) is 0 Å². The zero-order valence-electron chi connectivity index (χ0n) is 9.08. The molecule has 2 N–H and O–H groups in total. The summed E-state index contributed by atoms with van der Waals surface area (Å²) in [6.07, 6.45) is 0. The van der Waals surface area contributed by atoms with E-state index in [9.17, 15) is 4.39 Å². The molecule has 0 aliphatic carbocycles. The molecule has 88 valence electrons. The van der Waals surface area contributed by atoms with Crippen LogP contribution in [0.3, 0.4) is 0 Å². The van der Waals surface area contributed by atoms with E-state index in [0.717, 1.165) is 5.69 Å². The molecular formula is C13H12ClFN2. The Kier molecular flexibility index (Phi) is 3.96. The molecule has 0 unspecified atom stereocenters. The van der Waals surface area contributed by atoms with Gasteiger partial charge in [-0.25, -0.2) is 9.82 Å². The van der Waals surface area contributed by atoms with Crippen molar-refractivity contribution in [3.8, 4) is 0 Å². The zero-order valence-corrected chi connectivity index (χ0v) is 9.84. The van der Waals surface area contributed by atoms with Gasteiger partial charge >= 0.3 is 0 Å². The van der Waals surface area contributed by atoms with Crippen LogP contribution in [-0.2, 0) is 6.54 Å². The first-order valence-electron chi connectivity index (χ1n) is 5.24. The van der Waals surface area contributed by atoms with Gasteiger partial charge in [-0.3, -0.25) is 0 Å². The number of rotatable bonds is 4. The van der Waals surface area contributed by atoms with Crippen LogP contribution in [0, 0.1) is 5.82 Å². The molecule has 17 heavy (non-hydrogen) atoms. The molecule has 0 radical (unpaired) electrons. The average Bonchev–Trinajstić information content (AvgIpc) is 2.34. The van der Waals surface area contributed by atoms with Gasteiger partial charge in [0.2, 0.25) is 0 Å². The third-order valence-electron chi connectivity index (χ3n) is 2.33. The summed E-state index contributed by atoms with van der Waals surface area (Å²) in [5.41, 5.74) is 7.27. The van der Waals surface area contributed by atoms with Crippen molar-refractivity contribution in [2.75, 3.05) is 5.43 Å². The molecular weight excluding hydrogens is 239 g/mol. The zero-order chi connectivity index (χ0) is 12.1. The van der Waals surface area contributed by atoms with Gasteiger partial charge in [0.15, 0.2) is 0 Å². The van der Waals surface area contributed by atoms with Crippen LogP contribution in [0.15, 0.2) is 48.5 Å². The second-order valence-electron chi connectivity index (χ2n) is 3.54. The lowest BCUT2D eigenvalue weighted by molar-refractivity contribution is 0.600. The molecule has 0 heterocycles. The van der Waals surface area contributed by atoms with E-state index in [1.807, 2.05) is 30.3 Å². The largest absolute Gasteiger partial charge is 0.321 e. The van der Waals surface area contributed by atoms with E-state index in [-0.39, 0.29) is 5.82 Å². The third kappa shape index (κ3) is 3.19. The van der Waals surface area contributed by atoms with E-state index < -0.39 is 0 Å². The summed E-state index contributed by atoms with van der Waals surface area (Å²) < 4.78 is 13.4. The maximum Gasteiger partial charge on any atom is 0.129 e. The van der Waals surface area contributed by atoms with Gasteiger partial charge in [0, 0.05) is 22.8 Å². The topological polar surface area (TPSA) is 24.1 Å². The van der Waals surface area contributed by atoms with Gasteiger partial charge < -0.3 is 5.43 Å². The molecule has 0 saturated heterocycles. The van der Waals surface area contributed by atoms with E-state index in [1.54, 1.807) is 12.1 Å². The fourth-order valence-electron chi connectivity index (χ4n) is 1.46. The van der Waals surface area contributed by atoms with Crippen LogP contribution in [-0.4, -0.2) is 0 Å². The molecule has 2 nitrogen and oxygen atoms in total. The Labute approximate surface area is 104 Å². The van der Waals surface area contributed by atoms with Gasteiger partial charge in [-0.2, -0.15) is 0 Å². The number of para-hydroxylation sites is 1. The van der Waals surface area contributed by atoms with Crippen LogP contribution >= 0.6 is 11.6 Å². The van der Waals surface area contributed by atoms with E-state index >= 15 is 0 Å². The van der Waals surface area contributed by atoms with Gasteiger partial charge in [-0.15, -0.1) is 0 Å². The Morgan fingerprint density at radius 1 is 1.00 bits per heavy atom. The SMILES string of the molecule is Fc1cccc(Cl)c1CNNc1ccccc1. The van der Waals surface area contributed by atoms with Crippen LogP contribution in [0.4, 0.5) is 10.1 Å². The molecule has 0 spiro atoms. The van der Waals surface area contributed by atoms with Crippen molar-refractivity contribution in [3.05, 3.63) is 64.9 Å². The lowest BCUT2D eigenvalue weighted by Crippen LogP contribution is -2.21. The predicted octanol–water partition coefficient (Wildman–Crippen LogP) is 3.60. The number of hydrogen-bond acceptors (Lipinski definition) is 2. The minimum atomic E-state index is -0.306. The van der Waals surface area contributed by atoms with Crippen molar-refractivity contribution in [3.63, 3.8) is 0 Å². The lowest BCUT2D eigenvalue weighted by atomic mass is 10.2. The van der Waals surface area contributed by atoms with Crippen molar-refractivity contribution in [1.82, 2.24) is 5.43 Å². The standard InChI is InChI=1S/C13H12ClFN2/c14-12-7-4-8-13(15)11(12)9-16-17-10-5-2-1-3-6-10/h1-8,16-17H,9H2. The highest BCUT2D eigenvalue weighted by atomic mass is 35.5. The van der Waals surface area contributed by atoms with Gasteiger partial charge in [-0.05, 0) is 24.3 Å². The molecule has 4 heteroatoms. The fourth-order valence-corrected chi connectivity index (χ4v) is 1.69. The van der Waals surface area contributed by atoms with Crippen LogP contribution in [0.1, 0.15) is 5.56 Å². The minimum absolute atomic E-state index is 0.306. The Bertz CT molecular complexity index is 468. The molecule has 2 rings (SSSR count). The maximum atomic E-state index is 13.4. The van der Waals surface area contributed by atoms with Crippen molar-refractivity contribution < 1.29 is 4.39 Å². The van der Waals surface area contributed by atoms with Crippen LogP contribution in [0.2, 0.25) is 5.02 Å². The summed E-state index contributed by atoms with van der Waals surface area (Å²) in [4.78, 5) is 0. The van der Waals surface area contributed by atoms with E-state index in [1.165, 1.54) is 6.07 Å². The minimum Gasteiger partial charge on any atom is -0.321 e. The first-order chi connectivity index (χ1) is 8.27. The third-order valence-corrected chi connectivity index (χ3v) is 2.69. The summed E-state index contributed by atoms with van der Waals surface area (Å²) in [5.74, 6) is -0.306. The number of benzene rings is 2. The predicted molar refractivity (Wildman–Crippen MR) is 68.3 cm³/mol.